The summed E-state index contributed by atoms with van der Waals surface area (Å²) >= 11 is 0. The van der Waals surface area contributed by atoms with Crippen LogP contribution < -0.4 is 16.8 Å². The van der Waals surface area contributed by atoms with Crippen LogP contribution in [0.3, 0.4) is 0 Å². The Hall–Kier alpha value is -0.910. The first-order valence-corrected chi connectivity index (χ1v) is 7.98. The molecule has 1 aliphatic heterocycles. The summed E-state index contributed by atoms with van der Waals surface area (Å²) in [6.45, 7) is 1.03. The van der Waals surface area contributed by atoms with Crippen LogP contribution in [0.5, 0.6) is 0 Å². The number of hydrogen-bond acceptors (Lipinski definition) is 4. The maximum Gasteiger partial charge on any atom is 0.110 e. The molecule has 2 atom stereocenters. The molecule has 1 saturated heterocycles. The van der Waals surface area contributed by atoms with E-state index in [-0.39, 0.29) is 0 Å². The van der Waals surface area contributed by atoms with E-state index < -0.39 is 0 Å². The summed E-state index contributed by atoms with van der Waals surface area (Å²) in [4.78, 5) is 4.58. The molecule has 3 rings (SSSR count). The molecule has 2 fully saturated rings. The van der Waals surface area contributed by atoms with Crippen LogP contribution in [0.2, 0.25) is 0 Å². The van der Waals surface area contributed by atoms with Crippen molar-refractivity contribution >= 4 is 0 Å². The Balaban J connectivity index is 1.64. The van der Waals surface area contributed by atoms with Gasteiger partial charge in [0.15, 0.2) is 0 Å². The quantitative estimate of drug-likeness (QED) is 0.768. The van der Waals surface area contributed by atoms with Crippen LogP contribution in [0.25, 0.3) is 0 Å². The molecule has 1 aromatic heterocycles. The molecule has 5 N–H and O–H groups in total. The predicted octanol–water partition coefficient (Wildman–Crippen LogP) is 0.947. The molecule has 0 radical (unpaired) electrons. The van der Waals surface area contributed by atoms with Crippen molar-refractivity contribution in [2.45, 2.75) is 69.1 Å². The second-order valence-corrected chi connectivity index (χ2v) is 6.46. The Labute approximate surface area is 121 Å². The fourth-order valence-corrected chi connectivity index (χ4v) is 3.63. The van der Waals surface area contributed by atoms with E-state index >= 15 is 0 Å². The van der Waals surface area contributed by atoms with E-state index in [1.807, 2.05) is 6.20 Å². The third-order valence-corrected chi connectivity index (χ3v) is 4.85. The molecule has 0 spiro atoms. The zero-order valence-electron chi connectivity index (χ0n) is 12.2. The van der Waals surface area contributed by atoms with Gasteiger partial charge in [-0.05, 0) is 45.1 Å². The van der Waals surface area contributed by atoms with Gasteiger partial charge in [0.1, 0.15) is 5.82 Å². The minimum absolute atomic E-state index is 0.345. The summed E-state index contributed by atoms with van der Waals surface area (Å²) in [5.74, 6) is 1.21. The zero-order chi connectivity index (χ0) is 13.9. The van der Waals surface area contributed by atoms with E-state index in [2.05, 4.69) is 21.1 Å². The molecule has 5 heteroatoms. The molecule has 0 aromatic carbocycles. The minimum Gasteiger partial charge on any atom is -0.332 e. The highest BCUT2D eigenvalue weighted by molar-refractivity contribution is 5.00. The molecule has 1 saturated carbocycles. The molecule has 20 heavy (non-hydrogen) atoms. The maximum absolute atomic E-state index is 6.07. The molecule has 5 nitrogen and oxygen atoms in total. The smallest absolute Gasteiger partial charge is 0.110 e. The molecular formula is C15H27N5. The summed E-state index contributed by atoms with van der Waals surface area (Å²) < 4.78 is 2.38. The molecule has 2 aliphatic rings. The Morgan fingerprint density at radius 2 is 1.95 bits per heavy atom. The predicted molar refractivity (Wildman–Crippen MR) is 80.4 cm³/mol. The first-order valence-electron chi connectivity index (χ1n) is 7.98. The third-order valence-electron chi connectivity index (χ3n) is 4.85. The van der Waals surface area contributed by atoms with Crippen molar-refractivity contribution in [3.8, 4) is 0 Å². The molecular weight excluding hydrogens is 250 g/mol. The van der Waals surface area contributed by atoms with Crippen molar-refractivity contribution in [3.63, 3.8) is 0 Å². The summed E-state index contributed by atoms with van der Waals surface area (Å²) in [7, 11) is 0. The van der Waals surface area contributed by atoms with Crippen molar-refractivity contribution < 1.29 is 0 Å². The van der Waals surface area contributed by atoms with Gasteiger partial charge in [0, 0.05) is 43.0 Å². The number of rotatable bonds is 3. The Morgan fingerprint density at radius 1 is 1.15 bits per heavy atom. The van der Waals surface area contributed by atoms with E-state index in [1.54, 1.807) is 0 Å². The Kier molecular flexibility index (Phi) is 4.38. The van der Waals surface area contributed by atoms with Crippen LogP contribution >= 0.6 is 0 Å². The van der Waals surface area contributed by atoms with Gasteiger partial charge in [0.25, 0.3) is 0 Å². The number of nitrogens with two attached hydrogens (primary N) is 2. The molecule has 1 aliphatic carbocycles. The van der Waals surface area contributed by atoms with Crippen molar-refractivity contribution in [1.29, 1.82) is 0 Å². The Morgan fingerprint density at radius 3 is 2.70 bits per heavy atom. The van der Waals surface area contributed by atoms with Crippen LogP contribution in [-0.2, 0) is 6.42 Å². The molecule has 2 unspecified atom stereocenters. The van der Waals surface area contributed by atoms with Gasteiger partial charge in [0.2, 0.25) is 0 Å². The highest BCUT2D eigenvalue weighted by Crippen LogP contribution is 2.29. The summed E-state index contributed by atoms with van der Waals surface area (Å²) in [5.41, 5.74) is 12.1. The molecule has 1 aromatic rings. The number of aromatic nitrogens is 2. The largest absolute Gasteiger partial charge is 0.332 e. The summed E-state index contributed by atoms with van der Waals surface area (Å²) in [6, 6.07) is 1.81. The Bertz CT molecular complexity index is 422. The van der Waals surface area contributed by atoms with E-state index in [1.165, 1.54) is 18.7 Å². The van der Waals surface area contributed by atoms with Crippen molar-refractivity contribution in [1.82, 2.24) is 14.9 Å². The number of piperidine rings is 1. The average molecular weight is 277 g/mol. The third kappa shape index (κ3) is 3.22. The lowest BCUT2D eigenvalue weighted by Gasteiger charge is -2.31. The number of nitrogens with one attached hydrogen (secondary N) is 1. The highest BCUT2D eigenvalue weighted by Gasteiger charge is 2.24. The van der Waals surface area contributed by atoms with Crippen LogP contribution in [0.1, 0.15) is 50.4 Å². The molecule has 0 amide bonds. The SMILES string of the molecule is NC1CCC(n2ccnc2CC2CC(N)CCN2)CC1. The second kappa shape index (κ2) is 6.24. The van der Waals surface area contributed by atoms with Crippen LogP contribution in [-0.4, -0.2) is 34.2 Å². The van der Waals surface area contributed by atoms with Crippen molar-refractivity contribution in [2.24, 2.45) is 11.5 Å². The fourth-order valence-electron chi connectivity index (χ4n) is 3.63. The van der Waals surface area contributed by atoms with Crippen molar-refractivity contribution in [3.05, 3.63) is 18.2 Å². The lowest BCUT2D eigenvalue weighted by Crippen LogP contribution is -2.45. The summed E-state index contributed by atoms with van der Waals surface area (Å²) in [6.07, 6.45) is 11.8. The minimum atomic E-state index is 0.345. The van der Waals surface area contributed by atoms with Gasteiger partial charge in [-0.25, -0.2) is 4.98 Å². The first-order chi connectivity index (χ1) is 9.72. The normalized spacial score (nSPS) is 35.1. The van der Waals surface area contributed by atoms with Gasteiger partial charge in [-0.1, -0.05) is 0 Å². The second-order valence-electron chi connectivity index (χ2n) is 6.46. The standard InChI is InChI=1S/C15H27N5/c16-11-1-3-14(4-2-11)20-8-7-19-15(20)10-13-9-12(17)5-6-18-13/h7-8,11-14,18H,1-6,9-10,16-17H2. The van der Waals surface area contributed by atoms with Crippen LogP contribution in [0, 0.1) is 0 Å². The number of hydrogen-bond donors (Lipinski definition) is 3. The van der Waals surface area contributed by atoms with Gasteiger partial charge in [-0.15, -0.1) is 0 Å². The van der Waals surface area contributed by atoms with Gasteiger partial charge in [-0.3, -0.25) is 0 Å². The summed E-state index contributed by atoms with van der Waals surface area (Å²) in [5, 5.41) is 3.57. The number of nitrogens with zero attached hydrogens (tertiary/aromatic N) is 2. The number of imidazole rings is 1. The lowest BCUT2D eigenvalue weighted by molar-refractivity contribution is 0.307. The van der Waals surface area contributed by atoms with Crippen LogP contribution in [0.4, 0.5) is 0 Å². The highest BCUT2D eigenvalue weighted by atomic mass is 15.1. The van der Waals surface area contributed by atoms with Gasteiger partial charge in [-0.2, -0.15) is 0 Å². The van der Waals surface area contributed by atoms with E-state index in [4.69, 9.17) is 11.5 Å². The first kappa shape index (κ1) is 14.0. The van der Waals surface area contributed by atoms with Crippen molar-refractivity contribution in [2.75, 3.05) is 6.54 Å². The fraction of sp³-hybridized carbons (Fsp3) is 0.800. The van der Waals surface area contributed by atoms with E-state index in [0.29, 0.717) is 24.2 Å². The molecule has 2 heterocycles. The molecule has 0 bridgehead atoms. The average Bonchev–Trinajstić information content (AvgIpc) is 2.88. The lowest BCUT2D eigenvalue weighted by atomic mass is 9.91. The van der Waals surface area contributed by atoms with Gasteiger partial charge < -0.3 is 21.4 Å². The van der Waals surface area contributed by atoms with Crippen LogP contribution in [0.15, 0.2) is 12.4 Å². The zero-order valence-corrected chi connectivity index (χ0v) is 12.2. The van der Waals surface area contributed by atoms with Gasteiger partial charge >= 0.3 is 0 Å². The van der Waals surface area contributed by atoms with E-state index in [0.717, 1.165) is 38.6 Å². The monoisotopic (exact) mass is 277 g/mol. The van der Waals surface area contributed by atoms with Gasteiger partial charge in [0.05, 0.1) is 0 Å². The topological polar surface area (TPSA) is 81.9 Å². The van der Waals surface area contributed by atoms with E-state index in [9.17, 15) is 0 Å². The molecule has 112 valence electrons. The maximum atomic E-state index is 6.07.